The van der Waals surface area contributed by atoms with Gasteiger partial charge in [0.1, 0.15) is 5.82 Å². The van der Waals surface area contributed by atoms with E-state index >= 15 is 0 Å². The van der Waals surface area contributed by atoms with Crippen molar-refractivity contribution in [3.05, 3.63) is 58.9 Å². The molecule has 0 saturated heterocycles. The third-order valence-corrected chi connectivity index (χ3v) is 6.05. The van der Waals surface area contributed by atoms with Crippen molar-refractivity contribution in [2.45, 2.75) is 25.3 Å². The lowest BCUT2D eigenvalue weighted by Gasteiger charge is -2.17. The van der Waals surface area contributed by atoms with Gasteiger partial charge in [0.15, 0.2) is 0 Å². The number of carbonyl (C=O) groups excluding carboxylic acids is 1. The van der Waals surface area contributed by atoms with Gasteiger partial charge in [0, 0.05) is 26.3 Å². The molecule has 27 heavy (non-hydrogen) atoms. The first-order chi connectivity index (χ1) is 12.6. The molecule has 0 saturated carbocycles. The molecule has 0 heterocycles. The van der Waals surface area contributed by atoms with Crippen molar-refractivity contribution in [2.24, 2.45) is 0 Å². The highest BCUT2D eigenvalue weighted by Crippen LogP contribution is 2.25. The van der Waals surface area contributed by atoms with Crippen LogP contribution in [0.2, 0.25) is 0 Å². The van der Waals surface area contributed by atoms with E-state index in [-0.39, 0.29) is 29.7 Å². The second-order valence-corrected chi connectivity index (χ2v) is 8.61. The van der Waals surface area contributed by atoms with E-state index in [1.54, 1.807) is 18.2 Å². The Morgan fingerprint density at radius 1 is 1.11 bits per heavy atom. The van der Waals surface area contributed by atoms with Gasteiger partial charge in [0.25, 0.3) is 0 Å². The Bertz CT molecular complexity index is 926. The highest BCUT2D eigenvalue weighted by molar-refractivity contribution is 7.89. The summed E-state index contributed by atoms with van der Waals surface area (Å²) in [5.74, 6) is -0.581. The highest BCUT2D eigenvalue weighted by Gasteiger charge is 2.19. The first kappa shape index (κ1) is 20.9. The van der Waals surface area contributed by atoms with Crippen LogP contribution in [0, 0.1) is 19.7 Å². The minimum atomic E-state index is -3.56. The van der Waals surface area contributed by atoms with Gasteiger partial charge in [0.05, 0.1) is 11.4 Å². The van der Waals surface area contributed by atoms with Gasteiger partial charge in [0.2, 0.25) is 15.9 Å². The molecule has 146 valence electrons. The van der Waals surface area contributed by atoms with Crippen LogP contribution in [-0.2, 0) is 21.4 Å². The molecule has 2 aromatic rings. The number of sulfonamides is 1. The predicted octanol–water partition coefficient (Wildman–Crippen LogP) is 2.42. The third kappa shape index (κ3) is 5.27. The second kappa shape index (κ2) is 8.49. The summed E-state index contributed by atoms with van der Waals surface area (Å²) in [6, 6.07) is 9.03. The molecule has 0 aliphatic carbocycles. The van der Waals surface area contributed by atoms with Gasteiger partial charge in [-0.05, 0) is 54.8 Å². The first-order valence-electron chi connectivity index (χ1n) is 8.40. The van der Waals surface area contributed by atoms with Crippen LogP contribution in [0.25, 0.3) is 0 Å². The number of nitrogens with one attached hydrogen (secondary N) is 2. The van der Waals surface area contributed by atoms with Crippen LogP contribution >= 0.6 is 0 Å². The van der Waals surface area contributed by atoms with Crippen LogP contribution in [-0.4, -0.2) is 39.3 Å². The van der Waals surface area contributed by atoms with E-state index in [1.807, 2.05) is 13.8 Å². The molecule has 0 fully saturated rings. The Balaban J connectivity index is 2.05. The number of halogens is 1. The Morgan fingerprint density at radius 3 is 2.33 bits per heavy atom. The van der Waals surface area contributed by atoms with E-state index < -0.39 is 10.0 Å². The minimum Gasteiger partial charge on any atom is -0.376 e. The molecule has 1 amide bonds. The number of rotatable bonds is 7. The standard InChI is InChI=1S/C19H24FN3O3S/c1-13-9-17(27(25,26)23(3)4)10-18(14(13)2)21-12-19(24)22-11-15-5-7-16(20)8-6-15/h5-10,21H,11-12H2,1-4H3,(H,22,24). The fourth-order valence-corrected chi connectivity index (χ4v) is 3.42. The van der Waals surface area contributed by atoms with Gasteiger partial charge in [-0.25, -0.2) is 17.1 Å². The van der Waals surface area contributed by atoms with Crippen molar-refractivity contribution in [1.29, 1.82) is 0 Å². The van der Waals surface area contributed by atoms with Gasteiger partial charge in [-0.1, -0.05) is 12.1 Å². The Hall–Kier alpha value is -2.45. The molecule has 0 spiro atoms. The number of benzene rings is 2. The van der Waals surface area contributed by atoms with Crippen molar-refractivity contribution < 1.29 is 17.6 Å². The number of aryl methyl sites for hydroxylation is 1. The number of amides is 1. The van der Waals surface area contributed by atoms with Crippen molar-refractivity contribution in [1.82, 2.24) is 9.62 Å². The summed E-state index contributed by atoms with van der Waals surface area (Å²) in [6.07, 6.45) is 0. The van der Waals surface area contributed by atoms with Crippen molar-refractivity contribution in [3.8, 4) is 0 Å². The van der Waals surface area contributed by atoms with Crippen LogP contribution in [0.15, 0.2) is 41.3 Å². The van der Waals surface area contributed by atoms with Crippen molar-refractivity contribution in [2.75, 3.05) is 26.0 Å². The Kier molecular flexibility index (Phi) is 6.56. The molecule has 0 aliphatic heterocycles. The maximum Gasteiger partial charge on any atom is 0.242 e. The molecule has 8 heteroatoms. The average Bonchev–Trinajstić information content (AvgIpc) is 2.62. The summed E-state index contributed by atoms with van der Waals surface area (Å²) < 4.78 is 38.8. The minimum absolute atomic E-state index is 0.00700. The zero-order valence-electron chi connectivity index (χ0n) is 15.8. The van der Waals surface area contributed by atoms with Crippen molar-refractivity contribution >= 4 is 21.6 Å². The first-order valence-corrected chi connectivity index (χ1v) is 9.84. The van der Waals surface area contributed by atoms with Crippen LogP contribution in [0.5, 0.6) is 0 Å². The predicted molar refractivity (Wildman–Crippen MR) is 104 cm³/mol. The number of hydrogen-bond acceptors (Lipinski definition) is 4. The number of carbonyl (C=O) groups is 1. The quantitative estimate of drug-likeness (QED) is 0.757. The topological polar surface area (TPSA) is 78.5 Å². The molecule has 0 bridgehead atoms. The fraction of sp³-hybridized carbons (Fsp3) is 0.316. The fourth-order valence-electron chi connectivity index (χ4n) is 2.41. The smallest absolute Gasteiger partial charge is 0.242 e. The maximum absolute atomic E-state index is 12.9. The van der Waals surface area contributed by atoms with Gasteiger partial charge < -0.3 is 10.6 Å². The summed E-state index contributed by atoms with van der Waals surface area (Å²) in [5, 5.41) is 5.73. The molecule has 0 unspecified atom stereocenters. The molecule has 0 aromatic heterocycles. The van der Waals surface area contributed by atoms with Gasteiger partial charge in [-0.2, -0.15) is 0 Å². The largest absolute Gasteiger partial charge is 0.376 e. The van der Waals surface area contributed by atoms with Crippen LogP contribution < -0.4 is 10.6 Å². The van der Waals surface area contributed by atoms with Crippen LogP contribution in [0.1, 0.15) is 16.7 Å². The van der Waals surface area contributed by atoms with Crippen LogP contribution in [0.3, 0.4) is 0 Å². The molecule has 2 aromatic carbocycles. The van der Waals surface area contributed by atoms with Crippen LogP contribution in [0.4, 0.5) is 10.1 Å². The normalized spacial score (nSPS) is 11.5. The van der Waals surface area contributed by atoms with E-state index in [9.17, 15) is 17.6 Å². The summed E-state index contributed by atoms with van der Waals surface area (Å²) in [7, 11) is -0.619. The van der Waals surface area contributed by atoms with Gasteiger partial charge >= 0.3 is 0 Å². The van der Waals surface area contributed by atoms with Gasteiger partial charge in [-0.15, -0.1) is 0 Å². The van der Waals surface area contributed by atoms with Gasteiger partial charge in [-0.3, -0.25) is 4.79 Å². The molecule has 0 radical (unpaired) electrons. The SMILES string of the molecule is Cc1cc(S(=O)(=O)N(C)C)cc(NCC(=O)NCc2ccc(F)cc2)c1C. The van der Waals surface area contributed by atoms with E-state index in [0.29, 0.717) is 5.69 Å². The maximum atomic E-state index is 12.9. The zero-order chi connectivity index (χ0) is 20.2. The molecule has 0 aliphatic rings. The lowest BCUT2D eigenvalue weighted by Crippen LogP contribution is -2.29. The average molecular weight is 393 g/mol. The van der Waals surface area contributed by atoms with E-state index in [4.69, 9.17) is 0 Å². The van der Waals surface area contributed by atoms with E-state index in [0.717, 1.165) is 21.0 Å². The molecule has 0 atom stereocenters. The number of hydrogen-bond donors (Lipinski definition) is 2. The summed E-state index contributed by atoms with van der Waals surface area (Å²) >= 11 is 0. The molecule has 2 N–H and O–H groups in total. The molecular formula is C19H24FN3O3S. The van der Waals surface area contributed by atoms with E-state index in [1.165, 1.54) is 32.3 Å². The molecular weight excluding hydrogens is 369 g/mol. The number of anilines is 1. The Morgan fingerprint density at radius 2 is 1.74 bits per heavy atom. The second-order valence-electron chi connectivity index (χ2n) is 6.46. The molecule has 2 rings (SSSR count). The van der Waals surface area contributed by atoms with E-state index in [2.05, 4.69) is 10.6 Å². The lowest BCUT2D eigenvalue weighted by atomic mass is 10.1. The summed E-state index contributed by atoms with van der Waals surface area (Å²) in [6.45, 7) is 3.96. The highest BCUT2D eigenvalue weighted by atomic mass is 32.2. The molecule has 6 nitrogen and oxygen atoms in total. The monoisotopic (exact) mass is 393 g/mol. The lowest BCUT2D eigenvalue weighted by molar-refractivity contribution is -0.119. The summed E-state index contributed by atoms with van der Waals surface area (Å²) in [4.78, 5) is 12.2. The number of nitrogens with zero attached hydrogens (tertiary/aromatic N) is 1. The third-order valence-electron chi connectivity index (χ3n) is 4.26. The summed E-state index contributed by atoms with van der Waals surface area (Å²) in [5.41, 5.74) is 3.06. The Labute approximate surface area is 159 Å². The van der Waals surface area contributed by atoms with Crippen molar-refractivity contribution in [3.63, 3.8) is 0 Å². The zero-order valence-corrected chi connectivity index (χ0v) is 16.7.